The largest absolute Gasteiger partial charge is 0.444 e. The van der Waals surface area contributed by atoms with E-state index in [2.05, 4.69) is 20.8 Å². The number of hydrogen-bond donors (Lipinski definition) is 3. The van der Waals surface area contributed by atoms with Crippen LogP contribution >= 0.6 is 0 Å². The van der Waals surface area contributed by atoms with Gasteiger partial charge in [-0.05, 0) is 70.0 Å². The Labute approximate surface area is 187 Å². The van der Waals surface area contributed by atoms with Crippen molar-refractivity contribution in [3.8, 4) is 0 Å². The Kier molecular flexibility index (Phi) is 6.03. The molecule has 32 heavy (non-hydrogen) atoms. The molecule has 1 saturated heterocycles. The molecule has 2 aromatic carbocycles. The first-order chi connectivity index (χ1) is 15.3. The zero-order chi connectivity index (χ0) is 22.7. The summed E-state index contributed by atoms with van der Waals surface area (Å²) in [7, 11) is 0. The number of fused-ring (bicyclic) bond motifs is 1. The van der Waals surface area contributed by atoms with Crippen LogP contribution in [0.1, 0.15) is 33.6 Å². The van der Waals surface area contributed by atoms with Crippen molar-refractivity contribution < 1.29 is 14.3 Å². The van der Waals surface area contributed by atoms with Crippen molar-refractivity contribution in [2.24, 2.45) is 5.92 Å². The molecule has 0 unspecified atom stereocenters. The number of H-pyrrole nitrogens is 1. The number of nitrogens with zero attached hydrogens (tertiary/aromatic N) is 2. The van der Waals surface area contributed by atoms with E-state index in [1.165, 1.54) is 0 Å². The maximum atomic E-state index is 12.7. The smallest absolute Gasteiger partial charge is 0.410 e. The van der Waals surface area contributed by atoms with Crippen LogP contribution in [0.15, 0.2) is 48.5 Å². The molecule has 3 N–H and O–H groups in total. The van der Waals surface area contributed by atoms with E-state index >= 15 is 0 Å². The summed E-state index contributed by atoms with van der Waals surface area (Å²) < 4.78 is 5.41. The van der Waals surface area contributed by atoms with Crippen molar-refractivity contribution in [1.29, 1.82) is 0 Å². The first-order valence-corrected chi connectivity index (χ1v) is 10.9. The van der Waals surface area contributed by atoms with Crippen LogP contribution in [0.5, 0.6) is 0 Å². The minimum atomic E-state index is -0.517. The molecule has 0 saturated carbocycles. The van der Waals surface area contributed by atoms with Crippen LogP contribution in [0.4, 0.5) is 22.0 Å². The van der Waals surface area contributed by atoms with Crippen LogP contribution in [0.25, 0.3) is 10.9 Å². The molecule has 1 aromatic heterocycles. The van der Waals surface area contributed by atoms with Crippen molar-refractivity contribution in [3.05, 3.63) is 48.5 Å². The van der Waals surface area contributed by atoms with Crippen LogP contribution in [-0.2, 0) is 9.53 Å². The second kappa shape index (κ2) is 8.90. The Hall–Kier alpha value is -3.55. The highest BCUT2D eigenvalue weighted by molar-refractivity contribution is 5.93. The van der Waals surface area contributed by atoms with Gasteiger partial charge in [0.25, 0.3) is 0 Å². The lowest BCUT2D eigenvalue weighted by molar-refractivity contribution is -0.121. The molecule has 1 aliphatic rings. The van der Waals surface area contributed by atoms with Crippen LogP contribution < -0.4 is 10.6 Å². The number of carbonyl (C=O) groups is 2. The van der Waals surface area contributed by atoms with Crippen molar-refractivity contribution in [3.63, 3.8) is 0 Å². The molecule has 0 aliphatic carbocycles. The Morgan fingerprint density at radius 2 is 1.69 bits per heavy atom. The summed E-state index contributed by atoms with van der Waals surface area (Å²) in [6.45, 7) is 6.59. The first kappa shape index (κ1) is 21.7. The lowest BCUT2D eigenvalue weighted by Gasteiger charge is -2.32. The highest BCUT2D eigenvalue weighted by atomic mass is 16.6. The fourth-order valence-corrected chi connectivity index (χ4v) is 3.73. The number of aromatic nitrogens is 2. The molecule has 1 fully saturated rings. The molecule has 168 valence electrons. The monoisotopic (exact) mass is 435 g/mol. The molecule has 8 heteroatoms. The zero-order valence-corrected chi connectivity index (χ0v) is 18.6. The summed E-state index contributed by atoms with van der Waals surface area (Å²) in [5.41, 5.74) is 2.07. The predicted octanol–water partition coefficient (Wildman–Crippen LogP) is 4.89. The van der Waals surface area contributed by atoms with Crippen LogP contribution in [0, 0.1) is 5.92 Å². The van der Waals surface area contributed by atoms with E-state index < -0.39 is 5.60 Å². The Morgan fingerprint density at radius 1 is 1.03 bits per heavy atom. The van der Waals surface area contributed by atoms with Gasteiger partial charge < -0.3 is 20.3 Å². The van der Waals surface area contributed by atoms with Gasteiger partial charge in [0.05, 0.1) is 5.52 Å². The van der Waals surface area contributed by atoms with Crippen molar-refractivity contribution in [1.82, 2.24) is 15.1 Å². The predicted molar refractivity (Wildman–Crippen MR) is 125 cm³/mol. The lowest BCUT2D eigenvalue weighted by Crippen LogP contribution is -2.43. The highest BCUT2D eigenvalue weighted by Gasteiger charge is 2.29. The Balaban J connectivity index is 1.29. The molecule has 0 bridgehead atoms. The molecule has 8 nitrogen and oxygen atoms in total. The van der Waals surface area contributed by atoms with Gasteiger partial charge in [0.1, 0.15) is 5.60 Å². The van der Waals surface area contributed by atoms with Crippen molar-refractivity contribution in [2.45, 2.75) is 39.2 Å². The van der Waals surface area contributed by atoms with Gasteiger partial charge in [-0.2, -0.15) is 5.10 Å². The molecule has 0 radical (unpaired) electrons. The van der Waals surface area contributed by atoms with Crippen molar-refractivity contribution in [2.75, 3.05) is 23.7 Å². The van der Waals surface area contributed by atoms with E-state index in [9.17, 15) is 9.59 Å². The quantitative estimate of drug-likeness (QED) is 0.542. The van der Waals surface area contributed by atoms with Crippen LogP contribution in [0.2, 0.25) is 0 Å². The Morgan fingerprint density at radius 3 is 2.38 bits per heavy atom. The lowest BCUT2D eigenvalue weighted by atomic mass is 9.96. The molecule has 2 heterocycles. The van der Waals surface area contributed by atoms with Crippen LogP contribution in [-0.4, -0.2) is 45.8 Å². The van der Waals surface area contributed by atoms with Gasteiger partial charge >= 0.3 is 6.09 Å². The summed E-state index contributed by atoms with van der Waals surface area (Å²) >= 11 is 0. The summed E-state index contributed by atoms with van der Waals surface area (Å²) in [6, 6.07) is 15.5. The molecular weight excluding hydrogens is 406 g/mol. The second-order valence-corrected chi connectivity index (χ2v) is 9.05. The third kappa shape index (κ3) is 5.19. The zero-order valence-electron chi connectivity index (χ0n) is 18.6. The van der Waals surface area contributed by atoms with Crippen LogP contribution in [0.3, 0.4) is 0 Å². The summed E-state index contributed by atoms with van der Waals surface area (Å²) in [4.78, 5) is 26.5. The standard InChI is InChI=1S/C24H29N5O3/c1-24(2,3)32-23(31)29-14-12-16(13-15-29)22(30)26-18-10-8-17(9-11-18)25-21-19-6-4-5-7-20(19)27-28-21/h4-11,16H,12-15H2,1-3H3,(H,26,30)(H2,25,27,28). The number of anilines is 3. The average molecular weight is 436 g/mol. The molecule has 2 amide bonds. The van der Waals surface area contributed by atoms with E-state index in [4.69, 9.17) is 4.74 Å². The van der Waals surface area contributed by atoms with Gasteiger partial charge in [0.15, 0.2) is 5.82 Å². The number of amides is 2. The van der Waals surface area contributed by atoms with Gasteiger partial charge in [-0.3, -0.25) is 9.89 Å². The van der Waals surface area contributed by atoms with E-state index in [-0.39, 0.29) is 17.9 Å². The molecule has 1 aliphatic heterocycles. The number of likely N-dealkylation sites (tertiary alicyclic amines) is 1. The SMILES string of the molecule is CC(C)(C)OC(=O)N1CCC(C(=O)Nc2ccc(Nc3n[nH]c4ccccc34)cc2)CC1. The number of piperidine rings is 1. The fourth-order valence-electron chi connectivity index (χ4n) is 3.73. The average Bonchev–Trinajstić information content (AvgIpc) is 3.17. The summed E-state index contributed by atoms with van der Waals surface area (Å²) in [6.07, 6.45) is 0.928. The third-order valence-electron chi connectivity index (χ3n) is 5.40. The number of para-hydroxylation sites is 1. The number of aromatic amines is 1. The van der Waals surface area contributed by atoms with Gasteiger partial charge in [0, 0.05) is 35.8 Å². The fraction of sp³-hybridized carbons (Fsp3) is 0.375. The molecule has 0 spiro atoms. The molecular formula is C24H29N5O3. The van der Waals surface area contributed by atoms with E-state index in [1.807, 2.05) is 69.3 Å². The van der Waals surface area contributed by atoms with E-state index in [0.717, 1.165) is 28.1 Å². The maximum Gasteiger partial charge on any atom is 0.410 e. The third-order valence-corrected chi connectivity index (χ3v) is 5.40. The van der Waals surface area contributed by atoms with Gasteiger partial charge in [-0.15, -0.1) is 0 Å². The molecule has 4 rings (SSSR count). The number of nitrogens with one attached hydrogen (secondary N) is 3. The van der Waals surface area contributed by atoms with Crippen molar-refractivity contribution >= 4 is 40.1 Å². The number of carbonyl (C=O) groups excluding carboxylic acids is 2. The maximum absolute atomic E-state index is 12.7. The first-order valence-electron chi connectivity index (χ1n) is 10.9. The molecule has 3 aromatic rings. The van der Waals surface area contributed by atoms with Gasteiger partial charge in [-0.25, -0.2) is 4.79 Å². The van der Waals surface area contributed by atoms with E-state index in [1.54, 1.807) is 4.90 Å². The number of benzene rings is 2. The normalized spacial score (nSPS) is 14.9. The number of rotatable bonds is 4. The van der Waals surface area contributed by atoms with Gasteiger partial charge in [-0.1, -0.05) is 12.1 Å². The Bertz CT molecular complexity index is 1090. The highest BCUT2D eigenvalue weighted by Crippen LogP contribution is 2.25. The number of hydrogen-bond acceptors (Lipinski definition) is 5. The minimum absolute atomic E-state index is 0.0205. The second-order valence-electron chi connectivity index (χ2n) is 9.05. The number of ether oxygens (including phenoxy) is 1. The summed E-state index contributed by atoms with van der Waals surface area (Å²) in [5.74, 6) is 0.615. The van der Waals surface area contributed by atoms with Gasteiger partial charge in [0.2, 0.25) is 5.91 Å². The summed E-state index contributed by atoms with van der Waals surface area (Å²) in [5, 5.41) is 14.6. The topological polar surface area (TPSA) is 99.3 Å². The molecule has 0 atom stereocenters. The van der Waals surface area contributed by atoms with E-state index in [0.29, 0.717) is 25.9 Å². The minimum Gasteiger partial charge on any atom is -0.444 e.